The Hall–Kier alpha value is -2.89. The molecule has 0 spiro atoms. The predicted molar refractivity (Wildman–Crippen MR) is 112 cm³/mol. The summed E-state index contributed by atoms with van der Waals surface area (Å²) in [6, 6.07) is 15.6. The molecular formula is C21H14ClN3OS. The highest BCUT2D eigenvalue weighted by Gasteiger charge is 2.15. The molecule has 0 amide bonds. The summed E-state index contributed by atoms with van der Waals surface area (Å²) in [5.41, 5.74) is 3.73. The van der Waals surface area contributed by atoms with E-state index in [0.717, 1.165) is 32.4 Å². The SMILES string of the molecule is O=c1[nH]c(Cc2c[nH]c3ccccc23)nc2scc(-c3ccccc3Cl)c12. The maximum absolute atomic E-state index is 12.8. The van der Waals surface area contributed by atoms with Gasteiger partial charge in [-0.05, 0) is 17.7 Å². The number of halogens is 1. The first-order valence-electron chi connectivity index (χ1n) is 8.51. The van der Waals surface area contributed by atoms with Crippen LogP contribution in [-0.4, -0.2) is 15.0 Å². The molecule has 0 radical (unpaired) electrons. The third kappa shape index (κ3) is 2.76. The van der Waals surface area contributed by atoms with Crippen LogP contribution in [0.4, 0.5) is 0 Å². The minimum absolute atomic E-state index is 0.133. The standard InChI is InChI=1S/C21H14ClN3OS/c22-16-7-3-1-6-14(16)15-11-27-21-19(15)20(26)24-18(25-21)9-12-10-23-17-8-4-2-5-13(12)17/h1-8,10-11,23H,9H2,(H,24,25,26). The second kappa shape index (κ2) is 6.37. The summed E-state index contributed by atoms with van der Waals surface area (Å²) in [7, 11) is 0. The van der Waals surface area contributed by atoms with Crippen molar-refractivity contribution in [3.63, 3.8) is 0 Å². The van der Waals surface area contributed by atoms with Gasteiger partial charge in [-0.25, -0.2) is 4.98 Å². The number of nitrogens with zero attached hydrogens (tertiary/aromatic N) is 1. The van der Waals surface area contributed by atoms with Crippen LogP contribution >= 0.6 is 22.9 Å². The number of thiophene rings is 1. The van der Waals surface area contributed by atoms with Crippen LogP contribution in [0, 0.1) is 0 Å². The molecule has 0 saturated heterocycles. The zero-order valence-electron chi connectivity index (χ0n) is 14.1. The Labute approximate surface area is 163 Å². The Kier molecular flexibility index (Phi) is 3.85. The van der Waals surface area contributed by atoms with Gasteiger partial charge in [-0.1, -0.05) is 48.0 Å². The van der Waals surface area contributed by atoms with E-state index in [2.05, 4.69) is 16.0 Å². The van der Waals surface area contributed by atoms with Crippen molar-refractivity contribution in [3.8, 4) is 11.1 Å². The van der Waals surface area contributed by atoms with Gasteiger partial charge in [-0.15, -0.1) is 11.3 Å². The van der Waals surface area contributed by atoms with Crippen molar-refractivity contribution in [1.29, 1.82) is 0 Å². The lowest BCUT2D eigenvalue weighted by molar-refractivity contribution is 0.982. The molecular weight excluding hydrogens is 378 g/mol. The maximum Gasteiger partial charge on any atom is 0.260 e. The molecule has 6 heteroatoms. The van der Waals surface area contributed by atoms with Crippen molar-refractivity contribution in [1.82, 2.24) is 15.0 Å². The molecule has 0 unspecified atom stereocenters. The van der Waals surface area contributed by atoms with E-state index in [0.29, 0.717) is 22.7 Å². The van der Waals surface area contributed by atoms with Crippen molar-refractivity contribution in [2.75, 3.05) is 0 Å². The van der Waals surface area contributed by atoms with E-state index in [1.54, 1.807) is 0 Å². The molecule has 0 fully saturated rings. The second-order valence-corrected chi connectivity index (χ2v) is 7.62. The van der Waals surface area contributed by atoms with Crippen LogP contribution in [0.2, 0.25) is 5.02 Å². The highest BCUT2D eigenvalue weighted by Crippen LogP contribution is 2.35. The number of H-pyrrole nitrogens is 2. The molecule has 0 aliphatic rings. The summed E-state index contributed by atoms with van der Waals surface area (Å²) in [6.07, 6.45) is 2.53. The summed E-state index contributed by atoms with van der Waals surface area (Å²) in [4.78, 5) is 24.5. The van der Waals surface area contributed by atoms with Crippen molar-refractivity contribution in [2.24, 2.45) is 0 Å². The predicted octanol–water partition coefficient (Wildman–Crippen LogP) is 5.38. The summed E-state index contributed by atoms with van der Waals surface area (Å²) < 4.78 is 0. The number of aromatic amines is 2. The van der Waals surface area contributed by atoms with Crippen LogP contribution in [0.1, 0.15) is 11.4 Å². The van der Waals surface area contributed by atoms with E-state index in [1.165, 1.54) is 11.3 Å². The van der Waals surface area contributed by atoms with Gasteiger partial charge in [0.25, 0.3) is 5.56 Å². The molecule has 5 rings (SSSR count). The molecule has 5 aromatic rings. The van der Waals surface area contributed by atoms with E-state index in [4.69, 9.17) is 16.6 Å². The smallest absolute Gasteiger partial charge is 0.260 e. The Bertz CT molecular complexity index is 1350. The fraction of sp³-hybridized carbons (Fsp3) is 0.0476. The molecule has 132 valence electrons. The Morgan fingerprint density at radius 3 is 2.74 bits per heavy atom. The number of para-hydroxylation sites is 1. The Morgan fingerprint density at radius 2 is 1.85 bits per heavy atom. The average Bonchev–Trinajstić information content (AvgIpc) is 3.27. The molecule has 3 heterocycles. The average molecular weight is 392 g/mol. The number of aromatic nitrogens is 3. The third-order valence-electron chi connectivity index (χ3n) is 4.69. The van der Waals surface area contributed by atoms with Gasteiger partial charge in [0.1, 0.15) is 10.7 Å². The van der Waals surface area contributed by atoms with Crippen LogP contribution in [0.15, 0.2) is 64.9 Å². The van der Waals surface area contributed by atoms with E-state index in [-0.39, 0.29) is 5.56 Å². The van der Waals surface area contributed by atoms with Crippen LogP contribution in [0.3, 0.4) is 0 Å². The van der Waals surface area contributed by atoms with E-state index in [1.807, 2.05) is 54.0 Å². The van der Waals surface area contributed by atoms with E-state index < -0.39 is 0 Å². The fourth-order valence-electron chi connectivity index (χ4n) is 3.41. The summed E-state index contributed by atoms with van der Waals surface area (Å²) >= 11 is 7.78. The number of hydrogen-bond acceptors (Lipinski definition) is 3. The van der Waals surface area contributed by atoms with Gasteiger partial charge in [0.15, 0.2) is 0 Å². The monoisotopic (exact) mass is 391 g/mol. The maximum atomic E-state index is 12.8. The number of fused-ring (bicyclic) bond motifs is 2. The van der Waals surface area contributed by atoms with Gasteiger partial charge in [0.05, 0.1) is 5.39 Å². The first kappa shape index (κ1) is 16.3. The molecule has 0 saturated carbocycles. The third-order valence-corrected chi connectivity index (χ3v) is 5.89. The summed E-state index contributed by atoms with van der Waals surface area (Å²) in [5, 5.41) is 4.31. The number of hydrogen-bond donors (Lipinski definition) is 2. The molecule has 0 aliphatic carbocycles. The van der Waals surface area contributed by atoms with Crippen molar-refractivity contribution in [3.05, 3.63) is 86.9 Å². The number of rotatable bonds is 3. The van der Waals surface area contributed by atoms with E-state index in [9.17, 15) is 4.79 Å². The van der Waals surface area contributed by atoms with Crippen LogP contribution in [0.25, 0.3) is 32.2 Å². The molecule has 2 aromatic carbocycles. The molecule has 0 atom stereocenters. The minimum atomic E-state index is -0.133. The molecule has 4 nitrogen and oxygen atoms in total. The highest BCUT2D eigenvalue weighted by atomic mass is 35.5. The fourth-order valence-corrected chi connectivity index (χ4v) is 4.61. The van der Waals surface area contributed by atoms with Crippen LogP contribution < -0.4 is 5.56 Å². The van der Waals surface area contributed by atoms with Gasteiger partial charge >= 0.3 is 0 Å². The quantitative estimate of drug-likeness (QED) is 0.434. The summed E-state index contributed by atoms with van der Waals surface area (Å²) in [5.74, 6) is 0.657. The van der Waals surface area contributed by atoms with Crippen molar-refractivity contribution in [2.45, 2.75) is 6.42 Å². The zero-order valence-corrected chi connectivity index (χ0v) is 15.7. The topological polar surface area (TPSA) is 61.5 Å². The van der Waals surface area contributed by atoms with Gasteiger partial charge < -0.3 is 9.97 Å². The van der Waals surface area contributed by atoms with Gasteiger partial charge in [-0.3, -0.25) is 4.79 Å². The van der Waals surface area contributed by atoms with Crippen molar-refractivity contribution >= 4 is 44.1 Å². The van der Waals surface area contributed by atoms with Gasteiger partial charge in [-0.2, -0.15) is 0 Å². The first-order chi connectivity index (χ1) is 13.2. The molecule has 2 N–H and O–H groups in total. The Morgan fingerprint density at radius 1 is 1.04 bits per heavy atom. The minimum Gasteiger partial charge on any atom is -0.361 e. The lowest BCUT2D eigenvalue weighted by Gasteiger charge is -2.03. The summed E-state index contributed by atoms with van der Waals surface area (Å²) in [6.45, 7) is 0. The lowest BCUT2D eigenvalue weighted by Crippen LogP contribution is -2.11. The van der Waals surface area contributed by atoms with Gasteiger partial charge in [0.2, 0.25) is 0 Å². The van der Waals surface area contributed by atoms with E-state index >= 15 is 0 Å². The molecule has 0 aliphatic heterocycles. The molecule has 0 bridgehead atoms. The Balaban J connectivity index is 1.61. The van der Waals surface area contributed by atoms with Crippen LogP contribution in [0.5, 0.6) is 0 Å². The number of nitrogens with one attached hydrogen (secondary N) is 2. The second-order valence-electron chi connectivity index (χ2n) is 6.36. The van der Waals surface area contributed by atoms with Crippen LogP contribution in [-0.2, 0) is 6.42 Å². The van der Waals surface area contributed by atoms with Gasteiger partial charge in [0, 0.05) is 45.1 Å². The number of benzene rings is 2. The zero-order chi connectivity index (χ0) is 18.4. The normalized spacial score (nSPS) is 11.4. The molecule has 3 aromatic heterocycles. The molecule has 27 heavy (non-hydrogen) atoms. The lowest BCUT2D eigenvalue weighted by atomic mass is 10.1. The highest BCUT2D eigenvalue weighted by molar-refractivity contribution is 7.17. The van der Waals surface area contributed by atoms with Crippen molar-refractivity contribution < 1.29 is 0 Å². The first-order valence-corrected chi connectivity index (χ1v) is 9.77. The largest absolute Gasteiger partial charge is 0.361 e.